The fourth-order valence-corrected chi connectivity index (χ4v) is 2.62. The number of hydrogen-bond donors (Lipinski definition) is 1. The van der Waals surface area contributed by atoms with Crippen LogP contribution in [0.4, 0.5) is 10.7 Å². The highest BCUT2D eigenvalue weighted by molar-refractivity contribution is 14.1. The molecule has 1 aromatic rings. The molecule has 2 rings (SSSR count). The van der Waals surface area contributed by atoms with E-state index in [1.807, 2.05) is 7.05 Å². The van der Waals surface area contributed by atoms with Crippen molar-refractivity contribution in [2.45, 2.75) is 42.6 Å². The Hall–Kier alpha value is -0.790. The molecule has 0 radical (unpaired) electrons. The molecule has 1 aromatic heterocycles. The number of urea groups is 1. The van der Waals surface area contributed by atoms with Crippen LogP contribution in [0.2, 0.25) is 0 Å². The maximum atomic E-state index is 12.0. The summed E-state index contributed by atoms with van der Waals surface area (Å²) in [5.41, 5.74) is 0.839. The van der Waals surface area contributed by atoms with Crippen molar-refractivity contribution >= 4 is 34.5 Å². The van der Waals surface area contributed by atoms with Crippen molar-refractivity contribution in [2.75, 3.05) is 12.4 Å². The Morgan fingerprint density at radius 1 is 1.56 bits per heavy atom. The summed E-state index contributed by atoms with van der Waals surface area (Å²) < 4.78 is 5.82. The van der Waals surface area contributed by atoms with Gasteiger partial charge in [-0.15, -0.1) is 0 Å². The van der Waals surface area contributed by atoms with Gasteiger partial charge in [-0.25, -0.2) is 4.79 Å². The molecule has 0 aliphatic heterocycles. The van der Waals surface area contributed by atoms with Crippen molar-refractivity contribution in [1.29, 1.82) is 0 Å². The van der Waals surface area contributed by atoms with Crippen LogP contribution in [0.1, 0.15) is 37.8 Å². The molecular formula is C12H18IN3O2. The first-order chi connectivity index (χ1) is 8.70. The van der Waals surface area contributed by atoms with Crippen LogP contribution < -0.4 is 5.32 Å². The number of carbonyl (C=O) groups excluding carboxylic acids is 1. The van der Waals surface area contributed by atoms with Crippen LogP contribution in [-0.4, -0.2) is 29.2 Å². The first-order valence-electron chi connectivity index (χ1n) is 6.26. The summed E-state index contributed by atoms with van der Waals surface area (Å²) >= 11 is 2.20. The second-order valence-corrected chi connectivity index (χ2v) is 5.41. The van der Waals surface area contributed by atoms with Crippen LogP contribution in [0.15, 0.2) is 10.6 Å². The zero-order valence-corrected chi connectivity index (χ0v) is 12.6. The molecule has 1 N–H and O–H groups in total. The minimum atomic E-state index is -0.113. The van der Waals surface area contributed by atoms with Crippen molar-refractivity contribution < 1.29 is 9.32 Å². The molecule has 0 bridgehead atoms. The number of nitrogens with one attached hydrogen (secondary N) is 1. The largest absolute Gasteiger partial charge is 0.338 e. The first kappa shape index (κ1) is 13.6. The van der Waals surface area contributed by atoms with Gasteiger partial charge in [-0.3, -0.25) is 5.32 Å². The topological polar surface area (TPSA) is 58.4 Å². The number of hydrogen-bond acceptors (Lipinski definition) is 3. The minimum Gasteiger partial charge on any atom is -0.338 e. The Labute approximate surface area is 120 Å². The van der Waals surface area contributed by atoms with Gasteiger partial charge in [0, 0.05) is 23.6 Å². The highest BCUT2D eigenvalue weighted by Gasteiger charge is 2.22. The lowest BCUT2D eigenvalue weighted by molar-refractivity contribution is 0.185. The SMILES string of the molecule is CN(C(=O)Nc1cc(CI)no1)C1CCCCC1. The van der Waals surface area contributed by atoms with E-state index in [0.29, 0.717) is 11.9 Å². The van der Waals surface area contributed by atoms with Gasteiger partial charge in [0.25, 0.3) is 0 Å². The minimum absolute atomic E-state index is 0.113. The van der Waals surface area contributed by atoms with E-state index in [2.05, 4.69) is 33.1 Å². The van der Waals surface area contributed by atoms with Gasteiger partial charge in [0.2, 0.25) is 5.88 Å². The van der Waals surface area contributed by atoms with Gasteiger partial charge in [-0.2, -0.15) is 0 Å². The number of alkyl halides is 1. The van der Waals surface area contributed by atoms with Crippen molar-refractivity contribution in [2.24, 2.45) is 0 Å². The summed E-state index contributed by atoms with van der Waals surface area (Å²) in [5.74, 6) is 0.425. The molecular weight excluding hydrogens is 345 g/mol. The van der Waals surface area contributed by atoms with Crippen molar-refractivity contribution in [3.8, 4) is 0 Å². The van der Waals surface area contributed by atoms with Crippen LogP contribution in [0.3, 0.4) is 0 Å². The van der Waals surface area contributed by atoms with E-state index >= 15 is 0 Å². The van der Waals surface area contributed by atoms with E-state index < -0.39 is 0 Å². The van der Waals surface area contributed by atoms with Crippen LogP contribution in [0.5, 0.6) is 0 Å². The first-order valence-corrected chi connectivity index (χ1v) is 7.78. The van der Waals surface area contributed by atoms with E-state index in [0.717, 1.165) is 23.0 Å². The van der Waals surface area contributed by atoms with Crippen molar-refractivity contribution in [3.63, 3.8) is 0 Å². The van der Waals surface area contributed by atoms with E-state index in [-0.39, 0.29) is 6.03 Å². The second kappa shape index (κ2) is 6.40. The number of anilines is 1. The van der Waals surface area contributed by atoms with E-state index in [1.54, 1.807) is 11.0 Å². The van der Waals surface area contributed by atoms with Gasteiger partial charge < -0.3 is 9.42 Å². The Bertz CT molecular complexity index is 402. The fraction of sp³-hybridized carbons (Fsp3) is 0.667. The molecule has 1 fully saturated rings. The maximum absolute atomic E-state index is 12.0. The van der Waals surface area contributed by atoms with Gasteiger partial charge in [-0.05, 0) is 12.8 Å². The van der Waals surface area contributed by atoms with Gasteiger partial charge in [-0.1, -0.05) is 47.0 Å². The summed E-state index contributed by atoms with van der Waals surface area (Å²) in [7, 11) is 1.85. The lowest BCUT2D eigenvalue weighted by Gasteiger charge is -2.30. The smallest absolute Gasteiger partial charge is 0.324 e. The Morgan fingerprint density at radius 2 is 2.28 bits per heavy atom. The summed E-state index contributed by atoms with van der Waals surface area (Å²) in [6.45, 7) is 0. The number of carbonyl (C=O) groups is 1. The van der Waals surface area contributed by atoms with Gasteiger partial charge in [0.1, 0.15) is 0 Å². The van der Waals surface area contributed by atoms with Crippen LogP contribution in [0.25, 0.3) is 0 Å². The Balaban J connectivity index is 1.90. The molecule has 1 aliphatic rings. The summed E-state index contributed by atoms with van der Waals surface area (Å²) in [6.07, 6.45) is 5.90. The maximum Gasteiger partial charge on any atom is 0.324 e. The molecule has 5 nitrogen and oxygen atoms in total. The number of nitrogens with zero attached hydrogens (tertiary/aromatic N) is 2. The molecule has 1 saturated carbocycles. The number of amides is 2. The summed E-state index contributed by atoms with van der Waals surface area (Å²) in [5, 5.41) is 6.59. The molecule has 2 amide bonds. The van der Waals surface area contributed by atoms with Gasteiger partial charge in [0.05, 0.1) is 5.69 Å². The third-order valence-corrected chi connectivity index (χ3v) is 4.15. The predicted molar refractivity (Wildman–Crippen MR) is 77.9 cm³/mol. The molecule has 0 atom stereocenters. The average molecular weight is 363 g/mol. The third kappa shape index (κ3) is 3.37. The highest BCUT2D eigenvalue weighted by Crippen LogP contribution is 2.22. The van der Waals surface area contributed by atoms with E-state index in [1.165, 1.54) is 19.3 Å². The van der Waals surface area contributed by atoms with E-state index in [4.69, 9.17) is 4.52 Å². The second-order valence-electron chi connectivity index (χ2n) is 4.65. The molecule has 100 valence electrons. The monoisotopic (exact) mass is 363 g/mol. The predicted octanol–water partition coefficient (Wildman–Crippen LogP) is 3.41. The highest BCUT2D eigenvalue weighted by atomic mass is 127. The molecule has 18 heavy (non-hydrogen) atoms. The van der Waals surface area contributed by atoms with Crippen LogP contribution in [-0.2, 0) is 4.43 Å². The molecule has 6 heteroatoms. The number of aromatic nitrogens is 1. The molecule has 1 aliphatic carbocycles. The third-order valence-electron chi connectivity index (χ3n) is 3.37. The van der Waals surface area contributed by atoms with E-state index in [9.17, 15) is 4.79 Å². The normalized spacial score (nSPS) is 16.6. The molecule has 0 spiro atoms. The quantitative estimate of drug-likeness (QED) is 0.662. The molecule has 0 unspecified atom stereocenters. The van der Waals surface area contributed by atoms with Crippen LogP contribution >= 0.6 is 22.6 Å². The number of rotatable bonds is 3. The standard InChI is InChI=1S/C12H18IN3O2/c1-16(10-5-3-2-4-6-10)12(17)14-11-7-9(8-13)15-18-11/h7,10H,2-6,8H2,1H3,(H,14,17). The molecule has 0 saturated heterocycles. The Kier molecular flexibility index (Phi) is 4.85. The molecule has 1 heterocycles. The average Bonchev–Trinajstić information content (AvgIpc) is 2.86. The van der Waals surface area contributed by atoms with Crippen molar-refractivity contribution in [1.82, 2.24) is 10.1 Å². The zero-order valence-electron chi connectivity index (χ0n) is 10.5. The van der Waals surface area contributed by atoms with Crippen LogP contribution in [0, 0.1) is 0 Å². The van der Waals surface area contributed by atoms with Gasteiger partial charge >= 0.3 is 6.03 Å². The zero-order chi connectivity index (χ0) is 13.0. The number of halogens is 1. The van der Waals surface area contributed by atoms with Gasteiger partial charge in [0.15, 0.2) is 0 Å². The van der Waals surface area contributed by atoms with Crippen molar-refractivity contribution in [3.05, 3.63) is 11.8 Å². The lowest BCUT2D eigenvalue weighted by Crippen LogP contribution is -2.40. The molecule has 0 aromatic carbocycles. The fourth-order valence-electron chi connectivity index (χ4n) is 2.26. The summed E-state index contributed by atoms with van der Waals surface area (Å²) in [6, 6.07) is 2.00. The Morgan fingerprint density at radius 3 is 2.89 bits per heavy atom. The lowest BCUT2D eigenvalue weighted by atomic mass is 9.95. The summed E-state index contributed by atoms with van der Waals surface area (Å²) in [4.78, 5) is 13.8.